The molecule has 0 aliphatic carbocycles. The summed E-state index contributed by atoms with van der Waals surface area (Å²) in [6.07, 6.45) is -0.741. The molecule has 3 N–H and O–H groups in total. The number of aromatic nitrogens is 1. The zero-order chi connectivity index (χ0) is 30.5. The Morgan fingerprint density at radius 2 is 1.79 bits per heavy atom. The van der Waals surface area contributed by atoms with Gasteiger partial charge in [0.15, 0.2) is 5.13 Å². The standard InChI is InChI=1S/C31H27ClN4O6S/c1-31(2,3)42-30(40)34-25-19-10-6-7-11-23(19)41-26(25)27(38)35-29-33-20(15-43-29)28(39)36-14-16(13-32)24-18-9-5-4-8-17(18)22(37)12-21(24)36/h4-12,15-16,37H,13-14H2,1-3H3,(H,34,40)(H,33,35,38). The second-order valence-corrected chi connectivity index (χ2v) is 12.2. The van der Waals surface area contributed by atoms with Gasteiger partial charge in [0.1, 0.15) is 28.3 Å². The molecule has 3 heterocycles. The number of fused-ring (bicyclic) bond motifs is 4. The Balaban J connectivity index is 1.26. The molecule has 1 unspecified atom stereocenters. The lowest BCUT2D eigenvalue weighted by Crippen LogP contribution is -2.30. The maximum atomic E-state index is 13.6. The Hall–Kier alpha value is -4.61. The van der Waals surface area contributed by atoms with Gasteiger partial charge >= 0.3 is 6.09 Å². The van der Waals surface area contributed by atoms with E-state index in [0.29, 0.717) is 34.5 Å². The van der Waals surface area contributed by atoms with Crippen LogP contribution in [0.2, 0.25) is 0 Å². The van der Waals surface area contributed by atoms with Crippen molar-refractivity contribution in [3.63, 3.8) is 0 Å². The number of phenolic OH excluding ortho intramolecular Hbond substituents is 1. The van der Waals surface area contributed by atoms with Gasteiger partial charge in [-0.25, -0.2) is 9.78 Å². The third-order valence-corrected chi connectivity index (χ3v) is 8.08. The fourth-order valence-corrected chi connectivity index (χ4v) is 6.13. The number of hydrogen-bond acceptors (Lipinski definition) is 8. The van der Waals surface area contributed by atoms with Gasteiger partial charge in [-0.1, -0.05) is 36.4 Å². The number of furan rings is 1. The molecule has 0 saturated heterocycles. The van der Waals surface area contributed by atoms with Gasteiger partial charge in [0.05, 0.1) is 5.69 Å². The molecule has 220 valence electrons. The van der Waals surface area contributed by atoms with Gasteiger partial charge in [0, 0.05) is 40.6 Å². The van der Waals surface area contributed by atoms with Crippen molar-refractivity contribution in [2.75, 3.05) is 28.0 Å². The molecule has 3 aromatic carbocycles. The number of ether oxygens (including phenoxy) is 1. The van der Waals surface area contributed by atoms with Crippen LogP contribution in [0.5, 0.6) is 5.75 Å². The van der Waals surface area contributed by atoms with Gasteiger partial charge in [-0.15, -0.1) is 22.9 Å². The number of phenols is 1. The number of hydrogen-bond donors (Lipinski definition) is 3. The summed E-state index contributed by atoms with van der Waals surface area (Å²) >= 11 is 7.38. The number of anilines is 3. The lowest BCUT2D eigenvalue weighted by Gasteiger charge is -2.19. The van der Waals surface area contributed by atoms with Crippen molar-refractivity contribution in [2.24, 2.45) is 0 Å². The van der Waals surface area contributed by atoms with Gasteiger partial charge in [-0.3, -0.25) is 20.2 Å². The highest BCUT2D eigenvalue weighted by Gasteiger charge is 2.36. The Morgan fingerprint density at radius 1 is 1.09 bits per heavy atom. The van der Waals surface area contributed by atoms with E-state index in [0.717, 1.165) is 22.3 Å². The Labute approximate surface area is 255 Å². The number of thiazole rings is 1. The smallest absolute Gasteiger partial charge is 0.412 e. The molecule has 1 atom stereocenters. The van der Waals surface area contributed by atoms with E-state index in [4.69, 9.17) is 20.8 Å². The minimum absolute atomic E-state index is 0.0650. The molecule has 10 nitrogen and oxygen atoms in total. The fraction of sp³-hybridized carbons (Fsp3) is 0.226. The van der Waals surface area contributed by atoms with Gasteiger partial charge in [-0.2, -0.15) is 0 Å². The quantitative estimate of drug-likeness (QED) is 0.176. The van der Waals surface area contributed by atoms with Crippen LogP contribution in [0.3, 0.4) is 0 Å². The van der Waals surface area contributed by atoms with Crippen molar-refractivity contribution in [2.45, 2.75) is 32.3 Å². The summed E-state index contributed by atoms with van der Waals surface area (Å²) in [6, 6.07) is 15.9. The van der Waals surface area contributed by atoms with E-state index in [-0.39, 0.29) is 33.9 Å². The predicted molar refractivity (Wildman–Crippen MR) is 167 cm³/mol. The zero-order valence-corrected chi connectivity index (χ0v) is 25.0. The van der Waals surface area contributed by atoms with Crippen molar-refractivity contribution in [3.05, 3.63) is 77.0 Å². The lowest BCUT2D eigenvalue weighted by molar-refractivity contribution is 0.0635. The molecule has 0 saturated carbocycles. The number of rotatable bonds is 5. The first-order chi connectivity index (χ1) is 20.5. The van der Waals surface area contributed by atoms with Crippen LogP contribution < -0.4 is 15.5 Å². The molecule has 0 bridgehead atoms. The largest absolute Gasteiger partial charge is 0.507 e. The van der Waals surface area contributed by atoms with Crippen LogP contribution in [0.15, 0.2) is 64.4 Å². The van der Waals surface area contributed by atoms with Crippen LogP contribution in [-0.4, -0.2) is 46.0 Å². The molecule has 1 aliphatic rings. The van der Waals surface area contributed by atoms with E-state index in [9.17, 15) is 19.5 Å². The normalized spacial score (nSPS) is 14.6. The maximum Gasteiger partial charge on any atom is 0.412 e. The summed E-state index contributed by atoms with van der Waals surface area (Å²) in [4.78, 5) is 45.5. The van der Waals surface area contributed by atoms with Gasteiger partial charge < -0.3 is 19.2 Å². The summed E-state index contributed by atoms with van der Waals surface area (Å²) in [6.45, 7) is 5.52. The SMILES string of the molecule is CC(C)(C)OC(=O)Nc1c(C(=O)Nc2nc(C(=O)N3CC(CCl)c4c3cc(O)c3ccccc43)cs2)oc2ccccc12. The van der Waals surface area contributed by atoms with E-state index in [2.05, 4.69) is 15.6 Å². The molecule has 43 heavy (non-hydrogen) atoms. The predicted octanol–water partition coefficient (Wildman–Crippen LogP) is 7.33. The van der Waals surface area contributed by atoms with Crippen LogP contribution in [0.4, 0.5) is 21.3 Å². The lowest BCUT2D eigenvalue weighted by atomic mass is 9.95. The van der Waals surface area contributed by atoms with E-state index >= 15 is 0 Å². The number of carbonyl (C=O) groups excluding carboxylic acids is 3. The summed E-state index contributed by atoms with van der Waals surface area (Å²) in [5, 5.41) is 19.7. The number of amides is 3. The van der Waals surface area contributed by atoms with Crippen LogP contribution >= 0.6 is 22.9 Å². The first-order valence-corrected chi connectivity index (χ1v) is 14.9. The van der Waals surface area contributed by atoms with Crippen LogP contribution in [0, 0.1) is 0 Å². The topological polar surface area (TPSA) is 134 Å². The van der Waals surface area contributed by atoms with E-state index in [1.54, 1.807) is 61.4 Å². The van der Waals surface area contributed by atoms with Gasteiger partial charge in [0.25, 0.3) is 11.8 Å². The highest BCUT2D eigenvalue weighted by molar-refractivity contribution is 7.14. The minimum Gasteiger partial charge on any atom is -0.507 e. The number of carbonyl (C=O) groups is 3. The Morgan fingerprint density at radius 3 is 2.51 bits per heavy atom. The molecule has 3 amide bonds. The number of nitrogens with one attached hydrogen (secondary N) is 2. The zero-order valence-electron chi connectivity index (χ0n) is 23.4. The highest BCUT2D eigenvalue weighted by atomic mass is 35.5. The Bertz CT molecular complexity index is 1910. The van der Waals surface area contributed by atoms with Gasteiger partial charge in [0.2, 0.25) is 5.76 Å². The van der Waals surface area contributed by atoms with Crippen LogP contribution in [0.25, 0.3) is 21.7 Å². The molecule has 6 rings (SSSR count). The van der Waals surface area contributed by atoms with E-state index in [1.807, 2.05) is 24.3 Å². The molecule has 0 radical (unpaired) electrons. The first-order valence-electron chi connectivity index (χ1n) is 13.4. The maximum absolute atomic E-state index is 13.6. The summed E-state index contributed by atoms with van der Waals surface area (Å²) < 4.78 is 11.2. The third-order valence-electron chi connectivity index (χ3n) is 6.95. The molecule has 0 spiro atoms. The van der Waals surface area contributed by atoms with Crippen LogP contribution in [-0.2, 0) is 4.74 Å². The molecule has 2 aromatic heterocycles. The average Bonchev–Trinajstić information content (AvgIpc) is 3.68. The number of benzene rings is 3. The first kappa shape index (κ1) is 28.5. The van der Waals surface area contributed by atoms with Crippen molar-refractivity contribution in [3.8, 4) is 5.75 Å². The minimum atomic E-state index is -0.749. The fourth-order valence-electron chi connectivity index (χ4n) is 5.20. The van der Waals surface area contributed by atoms with E-state index in [1.165, 1.54) is 0 Å². The van der Waals surface area contributed by atoms with Crippen molar-refractivity contribution >= 4 is 79.1 Å². The average molecular weight is 619 g/mol. The number of para-hydroxylation sites is 1. The second-order valence-electron chi connectivity index (χ2n) is 11.1. The monoisotopic (exact) mass is 618 g/mol. The van der Waals surface area contributed by atoms with Crippen molar-refractivity contribution < 1.29 is 28.6 Å². The molecule has 1 aliphatic heterocycles. The number of nitrogens with zero attached hydrogens (tertiary/aromatic N) is 2. The van der Waals surface area contributed by atoms with Gasteiger partial charge in [-0.05, 0) is 43.9 Å². The number of alkyl halides is 1. The summed E-state index contributed by atoms with van der Waals surface area (Å²) in [5.74, 6) is -0.975. The third kappa shape index (κ3) is 5.37. The second kappa shape index (κ2) is 10.9. The molecule has 5 aromatic rings. The summed E-state index contributed by atoms with van der Waals surface area (Å²) in [5.41, 5.74) is 1.39. The number of aromatic hydroxyl groups is 1. The molecular formula is C31H27ClN4O6S. The highest BCUT2D eigenvalue weighted by Crippen LogP contribution is 2.45. The van der Waals surface area contributed by atoms with Crippen LogP contribution in [0.1, 0.15) is 53.3 Å². The molecule has 0 fully saturated rings. The Kier molecular flexibility index (Phi) is 7.23. The van der Waals surface area contributed by atoms with E-state index < -0.39 is 23.5 Å². The summed E-state index contributed by atoms with van der Waals surface area (Å²) in [7, 11) is 0. The van der Waals surface area contributed by atoms with Crippen molar-refractivity contribution in [1.82, 2.24) is 4.98 Å². The van der Waals surface area contributed by atoms with Crippen molar-refractivity contribution in [1.29, 1.82) is 0 Å². The molecular weight excluding hydrogens is 592 g/mol. The molecule has 12 heteroatoms. The number of halogens is 1.